The van der Waals surface area contributed by atoms with Gasteiger partial charge >= 0.3 is 5.97 Å². The predicted molar refractivity (Wildman–Crippen MR) is 193 cm³/mol. The van der Waals surface area contributed by atoms with Crippen LogP contribution < -0.4 is 9.64 Å². The number of rotatable bonds is 8. The summed E-state index contributed by atoms with van der Waals surface area (Å²) < 4.78 is 12.0. The lowest BCUT2D eigenvalue weighted by Gasteiger charge is -2.39. The van der Waals surface area contributed by atoms with Crippen molar-refractivity contribution in [2.45, 2.75) is 40.0 Å². The molecule has 4 aromatic carbocycles. The first kappa shape index (κ1) is 31.3. The molecule has 2 heterocycles. The molecule has 0 unspecified atom stereocenters. The maximum atomic E-state index is 13.0. The van der Waals surface area contributed by atoms with E-state index in [2.05, 4.69) is 52.9 Å². The number of nitrogens with one attached hydrogen (secondary N) is 1. The molecule has 0 radical (unpaired) electrons. The largest absolute Gasteiger partial charge is 0.462 e. The summed E-state index contributed by atoms with van der Waals surface area (Å²) in [5, 5.41) is 2.86. The first-order chi connectivity index (χ1) is 22.8. The van der Waals surface area contributed by atoms with Crippen LogP contribution >= 0.6 is 11.6 Å². The third-order valence-corrected chi connectivity index (χ3v) is 9.95. The molecule has 1 aromatic heterocycles. The number of halogens is 1. The summed E-state index contributed by atoms with van der Waals surface area (Å²) in [5.74, 6) is 0.821. The Kier molecular flexibility index (Phi) is 8.73. The molecule has 7 heteroatoms. The van der Waals surface area contributed by atoms with Crippen LogP contribution in [0.4, 0.5) is 5.69 Å². The van der Waals surface area contributed by atoms with E-state index in [0.29, 0.717) is 29.1 Å². The van der Waals surface area contributed by atoms with Crippen molar-refractivity contribution in [2.75, 3.05) is 44.2 Å². The Labute approximate surface area is 281 Å². The quantitative estimate of drug-likeness (QED) is 0.170. The second-order valence-electron chi connectivity index (χ2n) is 13.5. The third kappa shape index (κ3) is 6.63. The molecule has 1 aliphatic heterocycles. The van der Waals surface area contributed by atoms with Gasteiger partial charge in [0.15, 0.2) is 0 Å². The van der Waals surface area contributed by atoms with Crippen LogP contribution in [0.15, 0.2) is 90.5 Å². The molecule has 1 aliphatic carbocycles. The van der Waals surface area contributed by atoms with Crippen LogP contribution in [0.3, 0.4) is 0 Å². The second-order valence-corrected chi connectivity index (χ2v) is 14.0. The predicted octanol–water partition coefficient (Wildman–Crippen LogP) is 9.73. The number of hydrogen-bond donors (Lipinski definition) is 1. The maximum Gasteiger partial charge on any atom is 0.341 e. The van der Waals surface area contributed by atoms with Gasteiger partial charge in [-0.1, -0.05) is 67.4 Å². The molecule has 0 atom stereocenters. The Morgan fingerprint density at radius 2 is 1.66 bits per heavy atom. The standard InChI is InChI=1S/C40H42ClN3O3/c1-4-46-39(45)32-17-16-30(24-37(32)47-36-11-7-10-35-38(36)31-8-5-6-9-34(31)42-35)44-22-20-43(21-23-44)26-28-18-19-40(2,3)25-33(28)27-12-14-29(41)15-13-27/h5-17,24,42H,4,18-23,25-26H2,1-3H3. The Balaban J connectivity index is 1.12. The third-order valence-electron chi connectivity index (χ3n) is 9.70. The first-order valence-corrected chi connectivity index (χ1v) is 17.1. The molecule has 0 saturated carbocycles. The number of H-pyrrole nitrogens is 1. The number of esters is 1. The minimum Gasteiger partial charge on any atom is -0.462 e. The van der Waals surface area contributed by atoms with Gasteiger partial charge in [-0.2, -0.15) is 0 Å². The van der Waals surface area contributed by atoms with Crippen LogP contribution in [-0.4, -0.2) is 55.2 Å². The highest BCUT2D eigenvalue weighted by Crippen LogP contribution is 2.44. The Hall–Kier alpha value is -4.26. The highest BCUT2D eigenvalue weighted by Gasteiger charge is 2.29. The molecular formula is C40H42ClN3O3. The zero-order valence-corrected chi connectivity index (χ0v) is 28.2. The molecule has 0 amide bonds. The highest BCUT2D eigenvalue weighted by molar-refractivity contribution is 6.30. The van der Waals surface area contributed by atoms with Crippen LogP contribution in [-0.2, 0) is 4.74 Å². The fourth-order valence-corrected chi connectivity index (χ4v) is 7.27. The van der Waals surface area contributed by atoms with Gasteiger partial charge in [-0.05, 0) is 85.2 Å². The van der Waals surface area contributed by atoms with Gasteiger partial charge in [0.2, 0.25) is 0 Å². The van der Waals surface area contributed by atoms with Gasteiger partial charge in [-0.3, -0.25) is 4.90 Å². The molecule has 1 N–H and O–H groups in total. The number of aromatic nitrogens is 1. The van der Waals surface area contributed by atoms with Gasteiger partial charge < -0.3 is 19.4 Å². The SMILES string of the molecule is CCOC(=O)c1ccc(N2CCN(CC3=C(c4ccc(Cl)cc4)CC(C)(C)CC3)CC2)cc1Oc1cccc2[nH]c3ccccc3c12. The lowest BCUT2D eigenvalue weighted by Crippen LogP contribution is -2.47. The monoisotopic (exact) mass is 647 g/mol. The molecule has 1 saturated heterocycles. The van der Waals surface area contributed by atoms with E-state index < -0.39 is 0 Å². The molecule has 1 fully saturated rings. The van der Waals surface area contributed by atoms with Crippen molar-refractivity contribution in [1.82, 2.24) is 9.88 Å². The van der Waals surface area contributed by atoms with Crippen molar-refractivity contribution >= 4 is 50.6 Å². The minimum absolute atomic E-state index is 0.298. The Morgan fingerprint density at radius 1 is 0.894 bits per heavy atom. The number of anilines is 1. The van der Waals surface area contributed by atoms with Gasteiger partial charge in [0.1, 0.15) is 17.1 Å². The first-order valence-electron chi connectivity index (χ1n) is 16.7. The minimum atomic E-state index is -0.384. The molecule has 2 aliphatic rings. The fourth-order valence-electron chi connectivity index (χ4n) is 7.14. The zero-order valence-electron chi connectivity index (χ0n) is 27.4. The number of allylic oxidation sites excluding steroid dienone is 1. The summed E-state index contributed by atoms with van der Waals surface area (Å²) in [6.45, 7) is 11.6. The van der Waals surface area contributed by atoms with Crippen molar-refractivity contribution < 1.29 is 14.3 Å². The highest BCUT2D eigenvalue weighted by atomic mass is 35.5. The summed E-state index contributed by atoms with van der Waals surface area (Å²) in [7, 11) is 0. The van der Waals surface area contributed by atoms with Crippen molar-refractivity contribution in [1.29, 1.82) is 0 Å². The van der Waals surface area contributed by atoms with Crippen LogP contribution in [0.5, 0.6) is 11.5 Å². The summed E-state index contributed by atoms with van der Waals surface area (Å²) in [5.41, 5.74) is 8.14. The summed E-state index contributed by atoms with van der Waals surface area (Å²) in [6, 6.07) is 28.4. The number of ether oxygens (including phenoxy) is 2. The lowest BCUT2D eigenvalue weighted by atomic mass is 9.72. The van der Waals surface area contributed by atoms with Crippen molar-refractivity contribution in [2.24, 2.45) is 5.41 Å². The molecule has 242 valence electrons. The average molecular weight is 648 g/mol. The normalized spacial score (nSPS) is 17.0. The van der Waals surface area contributed by atoms with Crippen molar-refractivity contribution in [3.05, 3.63) is 107 Å². The lowest BCUT2D eigenvalue weighted by molar-refractivity contribution is 0.0523. The van der Waals surface area contributed by atoms with Crippen LogP contribution in [0, 0.1) is 5.41 Å². The van der Waals surface area contributed by atoms with Crippen LogP contribution in [0.25, 0.3) is 27.4 Å². The number of benzene rings is 4. The number of hydrogen-bond acceptors (Lipinski definition) is 5. The fraction of sp³-hybridized carbons (Fsp3) is 0.325. The molecule has 47 heavy (non-hydrogen) atoms. The van der Waals surface area contributed by atoms with Gasteiger partial charge in [0.05, 0.1) is 17.5 Å². The van der Waals surface area contributed by atoms with E-state index in [1.807, 2.05) is 67.6 Å². The van der Waals surface area contributed by atoms with Crippen molar-refractivity contribution in [3.63, 3.8) is 0 Å². The topological polar surface area (TPSA) is 57.8 Å². The summed E-state index contributed by atoms with van der Waals surface area (Å²) in [4.78, 5) is 21.5. The Bertz CT molecular complexity index is 1950. The average Bonchev–Trinajstić information content (AvgIpc) is 3.46. The zero-order chi connectivity index (χ0) is 32.5. The molecule has 7 rings (SSSR count). The maximum absolute atomic E-state index is 13.0. The number of carbonyl (C=O) groups excluding carboxylic acids is 1. The molecule has 0 spiro atoms. The van der Waals surface area contributed by atoms with Gasteiger partial charge in [0.25, 0.3) is 0 Å². The smallest absolute Gasteiger partial charge is 0.341 e. The van der Waals surface area contributed by atoms with E-state index in [-0.39, 0.29) is 5.97 Å². The van der Waals surface area contributed by atoms with E-state index in [9.17, 15) is 4.79 Å². The number of para-hydroxylation sites is 1. The second kappa shape index (κ2) is 13.1. The number of fused-ring (bicyclic) bond motifs is 3. The van der Waals surface area contributed by atoms with Crippen LogP contribution in [0.2, 0.25) is 5.02 Å². The van der Waals surface area contributed by atoms with Crippen LogP contribution in [0.1, 0.15) is 56.0 Å². The summed E-state index contributed by atoms with van der Waals surface area (Å²) >= 11 is 6.23. The number of carbonyl (C=O) groups is 1. The summed E-state index contributed by atoms with van der Waals surface area (Å²) in [6.07, 6.45) is 3.43. The number of nitrogens with zero attached hydrogens (tertiary/aromatic N) is 2. The van der Waals surface area contributed by atoms with E-state index in [0.717, 1.165) is 78.1 Å². The van der Waals surface area contributed by atoms with E-state index >= 15 is 0 Å². The number of aromatic amines is 1. The molecular weight excluding hydrogens is 606 g/mol. The van der Waals surface area contributed by atoms with Gasteiger partial charge in [-0.15, -0.1) is 0 Å². The molecule has 6 nitrogen and oxygen atoms in total. The van der Waals surface area contributed by atoms with Crippen molar-refractivity contribution in [3.8, 4) is 11.5 Å². The number of piperazine rings is 1. The molecule has 5 aromatic rings. The Morgan fingerprint density at radius 3 is 2.45 bits per heavy atom. The van der Waals surface area contributed by atoms with Gasteiger partial charge in [0, 0.05) is 60.4 Å². The van der Waals surface area contributed by atoms with E-state index in [1.165, 1.54) is 17.6 Å². The van der Waals surface area contributed by atoms with E-state index in [1.54, 1.807) is 5.57 Å². The van der Waals surface area contributed by atoms with E-state index in [4.69, 9.17) is 21.1 Å². The van der Waals surface area contributed by atoms with Gasteiger partial charge in [-0.25, -0.2) is 4.79 Å². The molecule has 0 bridgehead atoms.